The van der Waals surface area contributed by atoms with Gasteiger partial charge in [-0.15, -0.1) is 0 Å². The molecule has 148 valence electrons. The summed E-state index contributed by atoms with van der Waals surface area (Å²) in [5.41, 5.74) is 1.66. The number of carbonyl (C=O) groups excluding carboxylic acids is 1. The largest absolute Gasteiger partial charge is 0.366 e. The Labute approximate surface area is 168 Å². The zero-order valence-corrected chi connectivity index (χ0v) is 15.8. The van der Waals surface area contributed by atoms with E-state index in [1.807, 2.05) is 29.2 Å². The number of piperazine rings is 1. The van der Waals surface area contributed by atoms with E-state index in [2.05, 4.69) is 25.2 Å². The third kappa shape index (κ3) is 4.48. The fourth-order valence-electron chi connectivity index (χ4n) is 3.25. The first-order valence-electron chi connectivity index (χ1n) is 9.45. The Bertz CT molecular complexity index is 958. The number of nitrogens with zero attached hydrogens (tertiary/aromatic N) is 5. The number of aromatic nitrogens is 3. The highest BCUT2D eigenvalue weighted by Gasteiger charge is 2.20. The Morgan fingerprint density at radius 1 is 0.931 bits per heavy atom. The normalized spacial score (nSPS) is 14.0. The fourth-order valence-corrected chi connectivity index (χ4v) is 3.25. The lowest BCUT2D eigenvalue weighted by Gasteiger charge is -2.36. The van der Waals surface area contributed by atoms with E-state index in [-0.39, 0.29) is 17.4 Å². The fraction of sp³-hybridized carbons (Fsp3) is 0.238. The summed E-state index contributed by atoms with van der Waals surface area (Å²) >= 11 is 0. The van der Waals surface area contributed by atoms with Crippen LogP contribution in [0.3, 0.4) is 0 Å². The van der Waals surface area contributed by atoms with Crippen molar-refractivity contribution in [3.8, 4) is 0 Å². The van der Waals surface area contributed by atoms with Gasteiger partial charge in [0.05, 0.1) is 30.3 Å². The van der Waals surface area contributed by atoms with Crippen LogP contribution < -0.4 is 15.1 Å². The van der Waals surface area contributed by atoms with Crippen LogP contribution in [0.25, 0.3) is 0 Å². The lowest BCUT2D eigenvalue weighted by Crippen LogP contribution is -2.47. The van der Waals surface area contributed by atoms with Crippen molar-refractivity contribution in [1.82, 2.24) is 20.3 Å². The number of nitrogens with one attached hydrogen (secondary N) is 1. The Balaban J connectivity index is 1.32. The lowest BCUT2D eigenvalue weighted by atomic mass is 10.2. The van der Waals surface area contributed by atoms with Gasteiger partial charge in [-0.05, 0) is 24.3 Å². The molecule has 0 aliphatic carbocycles. The summed E-state index contributed by atoms with van der Waals surface area (Å²) in [4.78, 5) is 29.2. The van der Waals surface area contributed by atoms with Crippen molar-refractivity contribution >= 4 is 17.4 Å². The second kappa shape index (κ2) is 8.64. The van der Waals surface area contributed by atoms with Gasteiger partial charge in [-0.2, -0.15) is 0 Å². The second-order valence-electron chi connectivity index (χ2n) is 6.69. The van der Waals surface area contributed by atoms with Gasteiger partial charge >= 0.3 is 0 Å². The van der Waals surface area contributed by atoms with Crippen molar-refractivity contribution in [2.45, 2.75) is 6.54 Å². The monoisotopic (exact) mass is 392 g/mol. The van der Waals surface area contributed by atoms with E-state index < -0.39 is 0 Å². The molecule has 1 aliphatic rings. The minimum Gasteiger partial charge on any atom is -0.366 e. The van der Waals surface area contributed by atoms with Crippen molar-refractivity contribution in [2.24, 2.45) is 0 Å². The number of para-hydroxylation sites is 1. The van der Waals surface area contributed by atoms with Crippen molar-refractivity contribution in [2.75, 3.05) is 36.0 Å². The smallest absolute Gasteiger partial charge is 0.271 e. The predicted molar refractivity (Wildman–Crippen MR) is 108 cm³/mol. The predicted octanol–water partition coefficient (Wildman–Crippen LogP) is 2.27. The molecule has 4 rings (SSSR count). The van der Waals surface area contributed by atoms with E-state index >= 15 is 0 Å². The lowest BCUT2D eigenvalue weighted by molar-refractivity contribution is 0.0945. The van der Waals surface area contributed by atoms with Crippen LogP contribution in [0.1, 0.15) is 16.2 Å². The van der Waals surface area contributed by atoms with Crippen LogP contribution in [-0.4, -0.2) is 47.0 Å². The van der Waals surface area contributed by atoms with E-state index in [0.29, 0.717) is 44.2 Å². The van der Waals surface area contributed by atoms with E-state index in [1.54, 1.807) is 24.5 Å². The topological polar surface area (TPSA) is 74.2 Å². The molecule has 0 unspecified atom stereocenters. The maximum Gasteiger partial charge on any atom is 0.271 e. The molecule has 1 aromatic carbocycles. The number of hydrogen-bond acceptors (Lipinski definition) is 6. The molecule has 1 aliphatic heterocycles. The summed E-state index contributed by atoms with van der Waals surface area (Å²) in [7, 11) is 0. The molecule has 8 heteroatoms. The molecule has 1 N–H and O–H groups in total. The quantitative estimate of drug-likeness (QED) is 0.718. The average molecular weight is 392 g/mol. The summed E-state index contributed by atoms with van der Waals surface area (Å²) in [6.07, 6.45) is 4.77. The molecule has 1 fully saturated rings. The Kier molecular flexibility index (Phi) is 5.60. The van der Waals surface area contributed by atoms with Crippen molar-refractivity contribution in [1.29, 1.82) is 0 Å². The van der Waals surface area contributed by atoms with E-state index in [0.717, 1.165) is 5.69 Å². The second-order valence-corrected chi connectivity index (χ2v) is 6.69. The van der Waals surface area contributed by atoms with Gasteiger partial charge < -0.3 is 15.1 Å². The molecule has 2 aromatic heterocycles. The first-order valence-corrected chi connectivity index (χ1v) is 9.45. The molecule has 29 heavy (non-hydrogen) atoms. The first kappa shape index (κ1) is 18.8. The Morgan fingerprint density at radius 3 is 2.38 bits per heavy atom. The number of hydrogen-bond donors (Lipinski definition) is 1. The van der Waals surface area contributed by atoms with Crippen molar-refractivity contribution < 1.29 is 9.18 Å². The summed E-state index contributed by atoms with van der Waals surface area (Å²) in [6.45, 7) is 3.12. The van der Waals surface area contributed by atoms with Crippen LogP contribution in [0.5, 0.6) is 0 Å². The van der Waals surface area contributed by atoms with Crippen LogP contribution in [0, 0.1) is 5.82 Å². The zero-order chi connectivity index (χ0) is 20.1. The molecule has 0 radical (unpaired) electrons. The van der Waals surface area contributed by atoms with Crippen molar-refractivity contribution in [3.05, 3.63) is 78.3 Å². The Hall–Kier alpha value is -3.55. The van der Waals surface area contributed by atoms with E-state index in [9.17, 15) is 9.18 Å². The molecule has 0 spiro atoms. The zero-order valence-electron chi connectivity index (χ0n) is 15.8. The molecule has 0 saturated carbocycles. The van der Waals surface area contributed by atoms with Crippen LogP contribution in [0.4, 0.5) is 15.9 Å². The molecular weight excluding hydrogens is 371 g/mol. The summed E-state index contributed by atoms with van der Waals surface area (Å²) in [5, 5.41) is 2.78. The van der Waals surface area contributed by atoms with Crippen LogP contribution in [0.2, 0.25) is 0 Å². The van der Waals surface area contributed by atoms with Gasteiger partial charge in [-0.25, -0.2) is 14.4 Å². The van der Waals surface area contributed by atoms with E-state index in [4.69, 9.17) is 0 Å². The number of halogens is 1. The highest BCUT2D eigenvalue weighted by Crippen LogP contribution is 2.21. The first-order chi connectivity index (χ1) is 14.2. The maximum atomic E-state index is 14.0. The van der Waals surface area contributed by atoms with Crippen LogP contribution in [0.15, 0.2) is 61.1 Å². The molecule has 0 atom stereocenters. The van der Waals surface area contributed by atoms with Gasteiger partial charge in [0.25, 0.3) is 5.91 Å². The minimum atomic E-state index is -0.293. The minimum absolute atomic E-state index is 0.207. The summed E-state index contributed by atoms with van der Waals surface area (Å²) in [6, 6.07) is 12.3. The molecular formula is C21H21FN6O. The highest BCUT2D eigenvalue weighted by molar-refractivity contribution is 5.91. The third-order valence-corrected chi connectivity index (χ3v) is 4.82. The summed E-state index contributed by atoms with van der Waals surface area (Å²) < 4.78 is 14.0. The van der Waals surface area contributed by atoms with Crippen LogP contribution >= 0.6 is 0 Å². The summed E-state index contributed by atoms with van der Waals surface area (Å²) in [5.74, 6) is 0.209. The maximum absolute atomic E-state index is 14.0. The number of benzene rings is 1. The van der Waals surface area contributed by atoms with Gasteiger partial charge in [0.1, 0.15) is 17.3 Å². The molecule has 3 aromatic rings. The number of rotatable bonds is 5. The van der Waals surface area contributed by atoms with Gasteiger partial charge in [0.15, 0.2) is 0 Å². The standard InChI is InChI=1S/C21H21FN6O/c22-17-6-1-2-7-19(17)27-9-11-28(12-10-27)20-15-24-18(14-25-20)21(29)26-13-16-5-3-4-8-23-16/h1-8,14-15H,9-13H2,(H,26,29). The van der Waals surface area contributed by atoms with Gasteiger partial charge in [0, 0.05) is 32.4 Å². The SMILES string of the molecule is O=C(NCc1ccccn1)c1cnc(N2CCN(c3ccccc3F)CC2)cn1. The molecule has 1 amide bonds. The molecule has 3 heterocycles. The number of pyridine rings is 1. The van der Waals surface area contributed by atoms with Crippen molar-refractivity contribution in [3.63, 3.8) is 0 Å². The van der Waals surface area contributed by atoms with Gasteiger partial charge in [-0.1, -0.05) is 18.2 Å². The molecule has 1 saturated heterocycles. The highest BCUT2D eigenvalue weighted by atomic mass is 19.1. The Morgan fingerprint density at radius 2 is 1.69 bits per heavy atom. The van der Waals surface area contributed by atoms with E-state index in [1.165, 1.54) is 12.3 Å². The molecule has 7 nitrogen and oxygen atoms in total. The van der Waals surface area contributed by atoms with Gasteiger partial charge in [0.2, 0.25) is 0 Å². The number of amides is 1. The van der Waals surface area contributed by atoms with Gasteiger partial charge in [-0.3, -0.25) is 9.78 Å². The number of carbonyl (C=O) groups is 1. The third-order valence-electron chi connectivity index (χ3n) is 4.82. The molecule has 0 bridgehead atoms. The number of anilines is 2. The van der Waals surface area contributed by atoms with Crippen LogP contribution in [-0.2, 0) is 6.54 Å². The average Bonchev–Trinajstić information content (AvgIpc) is 2.79.